The second-order valence-corrected chi connectivity index (χ2v) is 5.88. The van der Waals surface area contributed by atoms with E-state index in [1.807, 2.05) is 30.3 Å². The lowest BCUT2D eigenvalue weighted by Gasteiger charge is -2.17. The topological polar surface area (TPSA) is 97.2 Å². The number of benzene rings is 2. The number of nitro groups is 1. The fourth-order valence-electron chi connectivity index (χ4n) is 2.70. The fraction of sp³-hybridized carbons (Fsp3) is 0.158. The molecule has 0 fully saturated rings. The minimum Gasteiger partial charge on any atom is -0.373 e. The van der Waals surface area contributed by atoms with Gasteiger partial charge in [0.1, 0.15) is 6.04 Å². The van der Waals surface area contributed by atoms with E-state index in [1.165, 1.54) is 12.3 Å². The Kier molecular flexibility index (Phi) is 5.07. The van der Waals surface area contributed by atoms with Gasteiger partial charge in [0.05, 0.1) is 10.3 Å². The molecule has 0 spiro atoms. The van der Waals surface area contributed by atoms with Gasteiger partial charge in [-0.05, 0) is 24.6 Å². The number of non-ortho nitro benzene ring substituents is 1. The number of nitro benzene ring substituents is 1. The second-order valence-electron chi connectivity index (χ2n) is 5.88. The van der Waals surface area contributed by atoms with Crippen molar-refractivity contribution in [3.05, 3.63) is 76.6 Å². The van der Waals surface area contributed by atoms with Crippen LogP contribution in [0, 0.1) is 10.1 Å². The number of pyridine rings is 1. The van der Waals surface area contributed by atoms with Crippen LogP contribution in [0.15, 0.2) is 60.9 Å². The van der Waals surface area contributed by atoms with Crippen LogP contribution >= 0.6 is 0 Å². The molecule has 26 heavy (non-hydrogen) atoms. The molecule has 0 aliphatic heterocycles. The normalized spacial score (nSPS) is 11.7. The number of nitrogens with one attached hydrogen (secondary N) is 2. The highest BCUT2D eigenvalue weighted by atomic mass is 16.6. The van der Waals surface area contributed by atoms with Gasteiger partial charge in [0, 0.05) is 36.1 Å². The number of carbonyl (C=O) groups excluding carboxylic acids is 1. The number of carbonyl (C=O) groups is 1. The SMILES string of the molecule is CC(Nc1ccc([N+](=O)[O-])c2cnccc12)C(=O)NCc1ccccc1. The Bertz CT molecular complexity index is 944. The first kappa shape index (κ1) is 17.3. The average Bonchev–Trinajstić information content (AvgIpc) is 2.66. The van der Waals surface area contributed by atoms with E-state index in [9.17, 15) is 14.9 Å². The zero-order valence-electron chi connectivity index (χ0n) is 14.2. The summed E-state index contributed by atoms with van der Waals surface area (Å²) in [6.45, 7) is 2.19. The minimum atomic E-state index is -0.503. The molecule has 7 nitrogen and oxygen atoms in total. The summed E-state index contributed by atoms with van der Waals surface area (Å²) in [6, 6.07) is 13.9. The summed E-state index contributed by atoms with van der Waals surface area (Å²) in [5.74, 6) is -0.158. The van der Waals surface area contributed by atoms with Gasteiger partial charge in [-0.1, -0.05) is 30.3 Å². The number of amides is 1. The minimum absolute atomic E-state index is 0.0140. The van der Waals surface area contributed by atoms with Gasteiger partial charge in [0.2, 0.25) is 5.91 Å². The highest BCUT2D eigenvalue weighted by Crippen LogP contribution is 2.30. The first-order valence-electron chi connectivity index (χ1n) is 8.15. The van der Waals surface area contributed by atoms with Crippen molar-refractivity contribution < 1.29 is 9.72 Å². The van der Waals surface area contributed by atoms with Crippen molar-refractivity contribution >= 4 is 28.1 Å². The Morgan fingerprint density at radius 1 is 1.15 bits per heavy atom. The van der Waals surface area contributed by atoms with Gasteiger partial charge in [0.15, 0.2) is 0 Å². The van der Waals surface area contributed by atoms with E-state index in [0.717, 1.165) is 5.56 Å². The third-order valence-electron chi connectivity index (χ3n) is 4.07. The number of anilines is 1. The maximum absolute atomic E-state index is 12.3. The monoisotopic (exact) mass is 350 g/mol. The van der Waals surface area contributed by atoms with E-state index in [-0.39, 0.29) is 11.6 Å². The van der Waals surface area contributed by atoms with Gasteiger partial charge in [-0.15, -0.1) is 0 Å². The van der Waals surface area contributed by atoms with Crippen molar-refractivity contribution in [1.82, 2.24) is 10.3 Å². The van der Waals surface area contributed by atoms with E-state index in [2.05, 4.69) is 15.6 Å². The van der Waals surface area contributed by atoms with Crippen LogP contribution in [0.3, 0.4) is 0 Å². The van der Waals surface area contributed by atoms with Crippen molar-refractivity contribution in [3.8, 4) is 0 Å². The second kappa shape index (κ2) is 7.60. The molecule has 1 heterocycles. The predicted molar refractivity (Wildman–Crippen MR) is 99.8 cm³/mol. The summed E-state index contributed by atoms with van der Waals surface area (Å²) in [4.78, 5) is 27.0. The molecule has 1 atom stereocenters. The van der Waals surface area contributed by atoms with Crippen molar-refractivity contribution in [2.75, 3.05) is 5.32 Å². The van der Waals surface area contributed by atoms with E-state index in [1.54, 1.807) is 25.3 Å². The Morgan fingerprint density at radius 2 is 1.92 bits per heavy atom. The Hall–Kier alpha value is -3.48. The fourth-order valence-corrected chi connectivity index (χ4v) is 2.70. The third kappa shape index (κ3) is 3.77. The van der Waals surface area contributed by atoms with Crippen LogP contribution in [-0.4, -0.2) is 21.9 Å². The molecule has 0 saturated carbocycles. The first-order valence-corrected chi connectivity index (χ1v) is 8.15. The van der Waals surface area contributed by atoms with E-state index < -0.39 is 11.0 Å². The van der Waals surface area contributed by atoms with Gasteiger partial charge >= 0.3 is 0 Å². The molecule has 1 amide bonds. The third-order valence-corrected chi connectivity index (χ3v) is 4.07. The number of hydrogen-bond donors (Lipinski definition) is 2. The molecule has 1 unspecified atom stereocenters. The van der Waals surface area contributed by atoms with Crippen molar-refractivity contribution in [3.63, 3.8) is 0 Å². The summed E-state index contributed by atoms with van der Waals surface area (Å²) < 4.78 is 0. The predicted octanol–water partition coefficient (Wildman–Crippen LogP) is 3.26. The molecule has 0 bridgehead atoms. The van der Waals surface area contributed by atoms with E-state index >= 15 is 0 Å². The van der Waals surface area contributed by atoms with Gasteiger partial charge in [-0.3, -0.25) is 19.9 Å². The number of rotatable bonds is 6. The van der Waals surface area contributed by atoms with Crippen LogP contribution in [0.4, 0.5) is 11.4 Å². The van der Waals surface area contributed by atoms with Crippen molar-refractivity contribution in [1.29, 1.82) is 0 Å². The molecule has 0 aliphatic rings. The van der Waals surface area contributed by atoms with Gasteiger partial charge in [-0.25, -0.2) is 0 Å². The molecule has 0 aliphatic carbocycles. The summed E-state index contributed by atoms with van der Waals surface area (Å²) in [5.41, 5.74) is 1.65. The zero-order chi connectivity index (χ0) is 18.5. The van der Waals surface area contributed by atoms with Crippen LogP contribution in [0.1, 0.15) is 12.5 Å². The first-order chi connectivity index (χ1) is 12.6. The smallest absolute Gasteiger partial charge is 0.278 e. The number of aromatic nitrogens is 1. The lowest BCUT2D eigenvalue weighted by Crippen LogP contribution is -2.37. The molecular weight excluding hydrogens is 332 g/mol. The van der Waals surface area contributed by atoms with Gasteiger partial charge in [-0.2, -0.15) is 0 Å². The van der Waals surface area contributed by atoms with Crippen LogP contribution < -0.4 is 10.6 Å². The molecule has 7 heteroatoms. The Morgan fingerprint density at radius 3 is 2.65 bits per heavy atom. The highest BCUT2D eigenvalue weighted by Gasteiger charge is 2.17. The van der Waals surface area contributed by atoms with Crippen LogP contribution in [0.5, 0.6) is 0 Å². The lowest BCUT2D eigenvalue weighted by atomic mass is 10.1. The van der Waals surface area contributed by atoms with Crippen LogP contribution in [-0.2, 0) is 11.3 Å². The maximum atomic E-state index is 12.3. The summed E-state index contributed by atoms with van der Waals surface area (Å²) in [5, 5.41) is 18.2. The average molecular weight is 350 g/mol. The molecule has 0 saturated heterocycles. The number of hydrogen-bond acceptors (Lipinski definition) is 5. The summed E-state index contributed by atoms with van der Waals surface area (Å²) >= 11 is 0. The van der Waals surface area contributed by atoms with Gasteiger partial charge < -0.3 is 10.6 Å². The Labute approximate surface area is 150 Å². The van der Waals surface area contributed by atoms with Crippen LogP contribution in [0.25, 0.3) is 10.8 Å². The zero-order valence-corrected chi connectivity index (χ0v) is 14.2. The molecule has 2 aromatic carbocycles. The molecule has 132 valence electrons. The Balaban J connectivity index is 1.75. The standard InChI is InChI=1S/C19H18N4O3/c1-13(19(24)21-11-14-5-3-2-4-6-14)22-17-7-8-18(23(25)26)16-12-20-10-9-15(16)17/h2-10,12-13,22H,11H2,1H3,(H,21,24). The van der Waals surface area contributed by atoms with Gasteiger partial charge in [0.25, 0.3) is 5.69 Å². The van der Waals surface area contributed by atoms with Crippen LogP contribution in [0.2, 0.25) is 0 Å². The summed E-state index contributed by atoms with van der Waals surface area (Å²) in [7, 11) is 0. The lowest BCUT2D eigenvalue weighted by molar-refractivity contribution is -0.383. The number of fused-ring (bicyclic) bond motifs is 1. The van der Waals surface area contributed by atoms with Crippen molar-refractivity contribution in [2.45, 2.75) is 19.5 Å². The largest absolute Gasteiger partial charge is 0.373 e. The van der Waals surface area contributed by atoms with E-state index in [0.29, 0.717) is 23.0 Å². The maximum Gasteiger partial charge on any atom is 0.278 e. The highest BCUT2D eigenvalue weighted by molar-refractivity contribution is 6.00. The quantitative estimate of drug-likeness (QED) is 0.525. The molecule has 3 aromatic rings. The molecule has 1 aromatic heterocycles. The molecule has 3 rings (SSSR count). The molecule has 0 radical (unpaired) electrons. The summed E-state index contributed by atoms with van der Waals surface area (Å²) in [6.07, 6.45) is 3.02. The van der Waals surface area contributed by atoms with E-state index in [4.69, 9.17) is 0 Å². The van der Waals surface area contributed by atoms with Crippen molar-refractivity contribution in [2.24, 2.45) is 0 Å². The molecular formula is C19H18N4O3. The number of nitrogens with zero attached hydrogens (tertiary/aromatic N) is 2. The molecule has 2 N–H and O–H groups in total.